The largest absolute Gasteiger partial charge is 0.370 e. The summed E-state index contributed by atoms with van der Waals surface area (Å²) in [4.78, 5) is 18.2. The fourth-order valence-corrected chi connectivity index (χ4v) is 1.81. The molecule has 0 aliphatic carbocycles. The molecule has 5 heteroatoms. The quantitative estimate of drug-likeness (QED) is 0.834. The number of anilines is 1. The Morgan fingerprint density at radius 1 is 1.37 bits per heavy atom. The maximum Gasteiger partial charge on any atom is 0.273 e. The maximum absolute atomic E-state index is 12.2. The highest BCUT2D eigenvalue weighted by atomic mass is 35.5. The Hall–Kier alpha value is -1.29. The van der Waals surface area contributed by atoms with Crippen LogP contribution in [0.25, 0.3) is 0 Å². The third-order valence-electron chi connectivity index (χ3n) is 2.80. The summed E-state index contributed by atoms with van der Waals surface area (Å²) in [6.45, 7) is 5.72. The van der Waals surface area contributed by atoms with Crippen molar-refractivity contribution in [2.45, 2.75) is 33.1 Å². The number of aromatic nitrogens is 1. The van der Waals surface area contributed by atoms with Crippen LogP contribution >= 0.6 is 11.6 Å². The molecule has 0 saturated carbocycles. The maximum atomic E-state index is 12.2. The van der Waals surface area contributed by atoms with Crippen molar-refractivity contribution in [1.29, 1.82) is 0 Å². The van der Waals surface area contributed by atoms with Crippen LogP contribution in [-0.2, 0) is 0 Å². The molecule has 1 N–H and O–H groups in total. The molecule has 0 aliphatic rings. The van der Waals surface area contributed by atoms with Gasteiger partial charge in [0.1, 0.15) is 11.5 Å². The number of rotatable bonds is 7. The van der Waals surface area contributed by atoms with E-state index in [9.17, 15) is 4.79 Å². The number of hydrogen-bond acceptors (Lipinski definition) is 3. The average molecular weight is 284 g/mol. The summed E-state index contributed by atoms with van der Waals surface area (Å²) < 4.78 is 0. The minimum atomic E-state index is -0.126. The summed E-state index contributed by atoms with van der Waals surface area (Å²) in [6.07, 6.45) is 3.04. The first-order valence-corrected chi connectivity index (χ1v) is 7.13. The van der Waals surface area contributed by atoms with Crippen molar-refractivity contribution in [3.05, 3.63) is 22.8 Å². The molecule has 0 spiro atoms. The van der Waals surface area contributed by atoms with Gasteiger partial charge in [0.2, 0.25) is 0 Å². The van der Waals surface area contributed by atoms with E-state index < -0.39 is 0 Å². The van der Waals surface area contributed by atoms with Gasteiger partial charge >= 0.3 is 0 Å². The standard InChI is InChI=1S/C14H22ClN3O/c1-4-6-10-18(3)14(19)13-11(15)7-8-12(17-13)16-9-5-2/h7-8H,4-6,9-10H2,1-3H3,(H,16,17). The Bertz CT molecular complexity index is 423. The summed E-state index contributed by atoms with van der Waals surface area (Å²) in [7, 11) is 1.78. The van der Waals surface area contributed by atoms with Crippen molar-refractivity contribution >= 4 is 23.3 Å². The molecule has 0 fully saturated rings. The minimum absolute atomic E-state index is 0.126. The molecule has 1 heterocycles. The molecule has 0 saturated heterocycles. The second-order valence-corrected chi connectivity index (χ2v) is 4.94. The normalized spacial score (nSPS) is 10.3. The fourth-order valence-electron chi connectivity index (χ4n) is 1.62. The smallest absolute Gasteiger partial charge is 0.273 e. The molecule has 0 bridgehead atoms. The van der Waals surface area contributed by atoms with Crippen molar-refractivity contribution in [2.75, 3.05) is 25.5 Å². The van der Waals surface area contributed by atoms with E-state index in [1.54, 1.807) is 24.1 Å². The number of carbonyl (C=O) groups is 1. The summed E-state index contributed by atoms with van der Waals surface area (Å²) in [5.74, 6) is 0.567. The van der Waals surface area contributed by atoms with E-state index in [0.717, 1.165) is 32.4 Å². The molecule has 1 aromatic rings. The van der Waals surface area contributed by atoms with Crippen LogP contribution in [0, 0.1) is 0 Å². The lowest BCUT2D eigenvalue weighted by Gasteiger charge is -2.17. The minimum Gasteiger partial charge on any atom is -0.370 e. The monoisotopic (exact) mass is 283 g/mol. The molecule has 1 aromatic heterocycles. The number of carbonyl (C=O) groups excluding carboxylic acids is 1. The summed E-state index contributed by atoms with van der Waals surface area (Å²) in [5.41, 5.74) is 0.321. The Labute approximate surface area is 120 Å². The lowest BCUT2D eigenvalue weighted by Crippen LogP contribution is -2.29. The van der Waals surface area contributed by atoms with E-state index in [1.807, 2.05) is 0 Å². The first-order valence-electron chi connectivity index (χ1n) is 6.76. The van der Waals surface area contributed by atoms with Crippen molar-refractivity contribution < 1.29 is 4.79 Å². The number of unbranched alkanes of at least 4 members (excludes halogenated alkanes) is 1. The summed E-state index contributed by atoms with van der Waals surface area (Å²) in [5, 5.41) is 3.56. The predicted octanol–water partition coefficient (Wildman–Crippen LogP) is 3.43. The van der Waals surface area contributed by atoms with Crippen LogP contribution in [0.1, 0.15) is 43.6 Å². The zero-order valence-corrected chi connectivity index (χ0v) is 12.6. The van der Waals surface area contributed by atoms with Gasteiger partial charge in [-0.15, -0.1) is 0 Å². The van der Waals surface area contributed by atoms with Gasteiger partial charge in [0.25, 0.3) is 5.91 Å². The number of amides is 1. The van der Waals surface area contributed by atoms with Gasteiger partial charge in [-0.05, 0) is 25.0 Å². The van der Waals surface area contributed by atoms with Gasteiger partial charge in [0.05, 0.1) is 5.02 Å². The topological polar surface area (TPSA) is 45.2 Å². The zero-order valence-electron chi connectivity index (χ0n) is 11.9. The molecule has 0 atom stereocenters. The van der Waals surface area contributed by atoms with E-state index in [1.165, 1.54) is 0 Å². The van der Waals surface area contributed by atoms with E-state index >= 15 is 0 Å². The molecule has 0 aromatic carbocycles. The number of hydrogen-bond donors (Lipinski definition) is 1. The van der Waals surface area contributed by atoms with Crippen LogP contribution < -0.4 is 5.32 Å². The van der Waals surface area contributed by atoms with Gasteiger partial charge < -0.3 is 10.2 Å². The van der Waals surface area contributed by atoms with E-state index in [-0.39, 0.29) is 5.91 Å². The molecule has 0 radical (unpaired) electrons. The van der Waals surface area contributed by atoms with Crippen LogP contribution in [0.5, 0.6) is 0 Å². The van der Waals surface area contributed by atoms with Gasteiger partial charge in [-0.3, -0.25) is 4.79 Å². The molecule has 1 amide bonds. The molecule has 106 valence electrons. The summed E-state index contributed by atoms with van der Waals surface area (Å²) in [6, 6.07) is 3.51. The van der Waals surface area contributed by atoms with Gasteiger partial charge in [0.15, 0.2) is 0 Å². The van der Waals surface area contributed by atoms with Crippen LogP contribution in [0.2, 0.25) is 5.02 Å². The van der Waals surface area contributed by atoms with Gasteiger partial charge in [-0.2, -0.15) is 0 Å². The Kier molecular flexibility index (Phi) is 6.64. The van der Waals surface area contributed by atoms with Crippen molar-refractivity contribution in [1.82, 2.24) is 9.88 Å². The SMILES string of the molecule is CCCCN(C)C(=O)c1nc(NCCC)ccc1Cl. The highest BCUT2D eigenvalue weighted by molar-refractivity contribution is 6.33. The Morgan fingerprint density at radius 3 is 2.74 bits per heavy atom. The van der Waals surface area contributed by atoms with Crippen LogP contribution in [0.3, 0.4) is 0 Å². The molecule has 1 rings (SSSR count). The van der Waals surface area contributed by atoms with Gasteiger partial charge in [-0.25, -0.2) is 4.98 Å². The number of halogens is 1. The molecule has 19 heavy (non-hydrogen) atoms. The lowest BCUT2D eigenvalue weighted by molar-refractivity contribution is 0.0788. The van der Waals surface area contributed by atoms with E-state index in [4.69, 9.17) is 11.6 Å². The second kappa shape index (κ2) is 8.00. The average Bonchev–Trinajstić information content (AvgIpc) is 2.43. The number of pyridine rings is 1. The molecule has 4 nitrogen and oxygen atoms in total. The van der Waals surface area contributed by atoms with Crippen molar-refractivity contribution in [3.63, 3.8) is 0 Å². The Balaban J connectivity index is 2.82. The van der Waals surface area contributed by atoms with Gasteiger partial charge in [-0.1, -0.05) is 31.9 Å². The third-order valence-corrected chi connectivity index (χ3v) is 3.10. The predicted molar refractivity (Wildman–Crippen MR) is 79.9 cm³/mol. The lowest BCUT2D eigenvalue weighted by atomic mass is 10.2. The fraction of sp³-hybridized carbons (Fsp3) is 0.571. The van der Waals surface area contributed by atoms with Crippen molar-refractivity contribution in [3.8, 4) is 0 Å². The van der Waals surface area contributed by atoms with Gasteiger partial charge in [0, 0.05) is 20.1 Å². The summed E-state index contributed by atoms with van der Waals surface area (Å²) >= 11 is 6.07. The highest BCUT2D eigenvalue weighted by Crippen LogP contribution is 2.18. The Morgan fingerprint density at radius 2 is 2.11 bits per heavy atom. The van der Waals surface area contributed by atoms with Crippen molar-refractivity contribution in [2.24, 2.45) is 0 Å². The number of nitrogens with one attached hydrogen (secondary N) is 1. The zero-order chi connectivity index (χ0) is 14.3. The first kappa shape index (κ1) is 15.8. The van der Waals surface area contributed by atoms with Crippen LogP contribution in [0.15, 0.2) is 12.1 Å². The number of nitrogens with zero attached hydrogens (tertiary/aromatic N) is 2. The molecular weight excluding hydrogens is 262 g/mol. The van der Waals surface area contributed by atoms with E-state index in [2.05, 4.69) is 24.1 Å². The van der Waals surface area contributed by atoms with Crippen LogP contribution in [-0.4, -0.2) is 35.9 Å². The molecular formula is C14H22ClN3O. The molecule has 0 aliphatic heterocycles. The second-order valence-electron chi connectivity index (χ2n) is 4.53. The highest BCUT2D eigenvalue weighted by Gasteiger charge is 2.17. The third kappa shape index (κ3) is 4.71. The van der Waals surface area contributed by atoms with Crippen LogP contribution in [0.4, 0.5) is 5.82 Å². The van der Waals surface area contributed by atoms with E-state index in [0.29, 0.717) is 16.5 Å². The molecule has 0 unspecified atom stereocenters. The first-order chi connectivity index (χ1) is 9.10.